The van der Waals surface area contributed by atoms with Gasteiger partial charge in [0.1, 0.15) is 0 Å². The van der Waals surface area contributed by atoms with E-state index in [1.165, 1.54) is 6.07 Å². The van der Waals surface area contributed by atoms with E-state index in [9.17, 15) is 9.90 Å². The largest absolute Gasteiger partial charge is 0.503 e. The predicted octanol–water partition coefficient (Wildman–Crippen LogP) is 2.27. The fourth-order valence-corrected chi connectivity index (χ4v) is 2.25. The zero-order valence-electron chi connectivity index (χ0n) is 14.0. The van der Waals surface area contributed by atoms with Gasteiger partial charge in [-0.3, -0.25) is 4.79 Å². The Labute approximate surface area is 143 Å². The van der Waals surface area contributed by atoms with Gasteiger partial charge in [0.2, 0.25) is 5.43 Å². The molecule has 1 aromatic heterocycles. The van der Waals surface area contributed by atoms with Crippen LogP contribution in [-0.2, 0) is 0 Å². The van der Waals surface area contributed by atoms with Crippen LogP contribution < -0.4 is 10.3 Å². The Bertz CT molecular complexity index is 696. The van der Waals surface area contributed by atoms with Gasteiger partial charge in [-0.1, -0.05) is 0 Å². The van der Waals surface area contributed by atoms with E-state index < -0.39 is 0 Å². The molecule has 0 spiro atoms. The van der Waals surface area contributed by atoms with Crippen molar-refractivity contribution >= 4 is 18.1 Å². The lowest BCUT2D eigenvalue weighted by molar-refractivity contribution is 0.416. The summed E-state index contributed by atoms with van der Waals surface area (Å²) < 4.78 is 1.81. The summed E-state index contributed by atoms with van der Waals surface area (Å²) in [5.41, 5.74) is 2.24. The van der Waals surface area contributed by atoms with Crippen molar-refractivity contribution in [1.29, 1.82) is 0 Å². The Morgan fingerprint density at radius 3 is 2.22 bits per heavy atom. The molecular weight excluding hydrogens is 314 g/mol. The number of likely N-dealkylation sites (N-methyl/N-ethyl adjacent to an activating group) is 2. The molecule has 1 heterocycles. The molecule has 0 radical (unpaired) electrons. The molecule has 0 amide bonds. The third-order valence-electron chi connectivity index (χ3n) is 3.76. The third-order valence-corrected chi connectivity index (χ3v) is 3.76. The number of pyridine rings is 1. The van der Waals surface area contributed by atoms with Gasteiger partial charge in [-0.25, -0.2) is 0 Å². The van der Waals surface area contributed by atoms with Gasteiger partial charge in [-0.2, -0.15) is 0 Å². The van der Waals surface area contributed by atoms with Gasteiger partial charge in [0.15, 0.2) is 5.75 Å². The van der Waals surface area contributed by atoms with Gasteiger partial charge >= 0.3 is 0 Å². The van der Waals surface area contributed by atoms with Crippen molar-refractivity contribution < 1.29 is 5.11 Å². The summed E-state index contributed by atoms with van der Waals surface area (Å²) in [7, 11) is 6.18. The first-order valence-electron chi connectivity index (χ1n) is 7.27. The number of aromatic hydroxyl groups is 1. The molecule has 0 aliphatic heterocycles. The fraction of sp³-hybridized carbons (Fsp3) is 0.353. The maximum Gasteiger partial charge on any atom is 0.223 e. The molecule has 1 N–H and O–H groups in total. The molecule has 0 saturated heterocycles. The molecule has 0 bridgehead atoms. The lowest BCUT2D eigenvalue weighted by Crippen LogP contribution is -2.28. The zero-order chi connectivity index (χ0) is 16.3. The molecule has 126 valence electrons. The summed E-state index contributed by atoms with van der Waals surface area (Å²) in [6, 6.07) is 9.43. The molecular formula is C17H24ClN3O2. The topological polar surface area (TPSA) is 48.7 Å². The standard InChI is InChI=1S/C17H23N3O2.ClH/c1-13-17(22)16(21)9-10-20(13)15-7-5-14(6-8-15)19(4)12-11-18(2)3;/h5-10,22H,11-12H2,1-4H3;1H. The summed E-state index contributed by atoms with van der Waals surface area (Å²) >= 11 is 0. The summed E-state index contributed by atoms with van der Waals surface area (Å²) in [6.07, 6.45) is 1.68. The van der Waals surface area contributed by atoms with Crippen molar-refractivity contribution in [3.05, 3.63) is 52.4 Å². The molecule has 0 aliphatic carbocycles. The number of benzene rings is 1. The first kappa shape index (κ1) is 19.1. The van der Waals surface area contributed by atoms with Gasteiger partial charge < -0.3 is 19.5 Å². The number of nitrogens with zero attached hydrogens (tertiary/aromatic N) is 3. The van der Waals surface area contributed by atoms with Gasteiger partial charge in [0.25, 0.3) is 0 Å². The number of hydrogen-bond donors (Lipinski definition) is 1. The number of hydrogen-bond acceptors (Lipinski definition) is 4. The Hall–Kier alpha value is -1.98. The first-order chi connectivity index (χ1) is 10.4. The molecule has 2 rings (SSSR count). The molecule has 23 heavy (non-hydrogen) atoms. The lowest BCUT2D eigenvalue weighted by Gasteiger charge is -2.22. The Morgan fingerprint density at radius 1 is 1.04 bits per heavy atom. The van der Waals surface area contributed by atoms with E-state index >= 15 is 0 Å². The fourth-order valence-electron chi connectivity index (χ4n) is 2.25. The Morgan fingerprint density at radius 2 is 1.65 bits per heavy atom. The maximum atomic E-state index is 11.4. The highest BCUT2D eigenvalue weighted by Gasteiger charge is 2.07. The quantitative estimate of drug-likeness (QED) is 0.909. The van der Waals surface area contributed by atoms with Crippen LogP contribution in [-0.4, -0.2) is 48.8 Å². The molecule has 6 heteroatoms. The summed E-state index contributed by atoms with van der Waals surface area (Å²) in [4.78, 5) is 15.8. The molecule has 0 atom stereocenters. The Kier molecular flexibility index (Phi) is 6.66. The lowest BCUT2D eigenvalue weighted by atomic mass is 10.2. The van der Waals surface area contributed by atoms with Crippen LogP contribution in [0.1, 0.15) is 5.69 Å². The van der Waals surface area contributed by atoms with Crippen LogP contribution in [0.4, 0.5) is 5.69 Å². The highest BCUT2D eigenvalue weighted by molar-refractivity contribution is 5.85. The molecule has 5 nitrogen and oxygen atoms in total. The van der Waals surface area contributed by atoms with E-state index in [4.69, 9.17) is 0 Å². The average Bonchev–Trinajstić information content (AvgIpc) is 2.51. The SMILES string of the molecule is Cc1c(O)c(=O)ccn1-c1ccc(N(C)CCN(C)C)cc1.Cl. The number of rotatable bonds is 5. The molecule has 0 fully saturated rings. The van der Waals surface area contributed by atoms with Crippen molar-refractivity contribution in [2.45, 2.75) is 6.92 Å². The molecule has 1 aromatic carbocycles. The highest BCUT2D eigenvalue weighted by Crippen LogP contribution is 2.19. The van der Waals surface area contributed by atoms with Crippen LogP contribution in [0.15, 0.2) is 41.3 Å². The Balaban J connectivity index is 0.00000264. The van der Waals surface area contributed by atoms with Crippen LogP contribution in [0, 0.1) is 6.92 Å². The van der Waals surface area contributed by atoms with Crippen molar-refractivity contribution in [3.8, 4) is 11.4 Å². The van der Waals surface area contributed by atoms with E-state index in [1.54, 1.807) is 17.7 Å². The van der Waals surface area contributed by atoms with Gasteiger partial charge in [0.05, 0.1) is 5.69 Å². The number of aromatic nitrogens is 1. The predicted molar refractivity (Wildman–Crippen MR) is 97.5 cm³/mol. The van der Waals surface area contributed by atoms with Crippen LogP contribution in [0.2, 0.25) is 0 Å². The van der Waals surface area contributed by atoms with Gasteiger partial charge in [-0.05, 0) is 45.3 Å². The van der Waals surface area contributed by atoms with Gasteiger partial charge in [0, 0.05) is 43.8 Å². The van der Waals surface area contributed by atoms with E-state index in [-0.39, 0.29) is 23.6 Å². The number of anilines is 1. The monoisotopic (exact) mass is 337 g/mol. The summed E-state index contributed by atoms with van der Waals surface area (Å²) in [5, 5.41) is 9.77. The van der Waals surface area contributed by atoms with E-state index in [0.717, 1.165) is 24.5 Å². The smallest absolute Gasteiger partial charge is 0.223 e. The van der Waals surface area contributed by atoms with Crippen LogP contribution in [0.3, 0.4) is 0 Å². The normalized spacial score (nSPS) is 10.5. The van der Waals surface area contributed by atoms with Crippen LogP contribution in [0.25, 0.3) is 5.69 Å². The minimum atomic E-state index is -0.353. The minimum absolute atomic E-state index is 0. The number of halogens is 1. The van der Waals surface area contributed by atoms with Crippen molar-refractivity contribution in [2.24, 2.45) is 0 Å². The van der Waals surface area contributed by atoms with Crippen LogP contribution >= 0.6 is 12.4 Å². The van der Waals surface area contributed by atoms with Gasteiger partial charge in [-0.15, -0.1) is 12.4 Å². The summed E-state index contributed by atoms with van der Waals surface area (Å²) in [6.45, 7) is 3.67. The molecule has 0 saturated carbocycles. The van der Waals surface area contributed by atoms with Crippen molar-refractivity contribution in [3.63, 3.8) is 0 Å². The molecule has 2 aromatic rings. The van der Waals surface area contributed by atoms with Crippen LogP contribution in [0.5, 0.6) is 5.75 Å². The third kappa shape index (κ3) is 4.50. The van der Waals surface area contributed by atoms with E-state index in [2.05, 4.69) is 30.9 Å². The second-order valence-corrected chi connectivity index (χ2v) is 5.73. The first-order valence-corrected chi connectivity index (χ1v) is 7.27. The molecule has 0 aliphatic rings. The van der Waals surface area contributed by atoms with E-state index in [1.807, 2.05) is 24.3 Å². The average molecular weight is 338 g/mol. The summed E-state index contributed by atoms with van der Waals surface area (Å²) in [5.74, 6) is -0.199. The molecule has 0 unspecified atom stereocenters. The van der Waals surface area contributed by atoms with E-state index in [0.29, 0.717) is 5.69 Å². The van der Waals surface area contributed by atoms with Crippen molar-refractivity contribution in [1.82, 2.24) is 9.47 Å². The minimum Gasteiger partial charge on any atom is -0.503 e. The second-order valence-electron chi connectivity index (χ2n) is 5.73. The highest BCUT2D eigenvalue weighted by atomic mass is 35.5. The zero-order valence-corrected chi connectivity index (χ0v) is 14.8. The maximum absolute atomic E-state index is 11.4. The second kappa shape index (κ2) is 8.04. The van der Waals surface area contributed by atoms with Crippen molar-refractivity contribution in [2.75, 3.05) is 39.1 Å².